The number of piperidine rings is 1. The van der Waals surface area contributed by atoms with Crippen molar-refractivity contribution in [2.75, 3.05) is 67.6 Å². The van der Waals surface area contributed by atoms with Crippen LogP contribution in [0.1, 0.15) is 55.8 Å². The summed E-state index contributed by atoms with van der Waals surface area (Å²) < 4.78 is 38.6. The number of nitrogens with zero attached hydrogens (tertiary/aromatic N) is 12. The molecule has 4 aliphatic heterocycles. The summed E-state index contributed by atoms with van der Waals surface area (Å²) in [5.74, 6) is -0.500. The SMILES string of the molecule is N#Cc1cnn2cc(-c3cnn([C@H]4CC[C@H](N5CCN(c6ccc(NC7CCC(=O)NC7=O)cc6F)CC5)CC4)c3)nc(-c3ccc(N4C[C@H]5COC[C@@H](C4)N5Cc4ccc(F)cn4)nc3)c12. The van der Waals surface area contributed by atoms with Gasteiger partial charge in [-0.15, -0.1) is 0 Å². The van der Waals surface area contributed by atoms with Gasteiger partial charge in [-0.2, -0.15) is 15.5 Å². The zero-order chi connectivity index (χ0) is 45.6. The first-order valence-electron chi connectivity index (χ1n) is 23.1. The van der Waals surface area contributed by atoms with E-state index in [1.165, 1.54) is 18.3 Å². The van der Waals surface area contributed by atoms with Gasteiger partial charge in [-0.1, -0.05) is 0 Å². The number of carbonyl (C=O) groups is 2. The molecule has 0 radical (unpaired) electrons. The highest BCUT2D eigenvalue weighted by molar-refractivity contribution is 6.01. The van der Waals surface area contributed by atoms with Crippen LogP contribution in [0.5, 0.6) is 0 Å². The number of piperazine rings is 2. The van der Waals surface area contributed by atoms with Crippen molar-refractivity contribution in [2.45, 2.75) is 75.3 Å². The van der Waals surface area contributed by atoms with E-state index < -0.39 is 6.04 Å². The van der Waals surface area contributed by atoms with Crippen LogP contribution in [0.2, 0.25) is 0 Å². The summed E-state index contributed by atoms with van der Waals surface area (Å²) in [5.41, 5.74) is 5.87. The molecule has 344 valence electrons. The zero-order valence-electron chi connectivity index (χ0n) is 36.8. The fourth-order valence-corrected chi connectivity index (χ4v) is 10.6. The number of nitrogens with one attached hydrogen (secondary N) is 2. The number of aromatic nitrogens is 7. The van der Waals surface area contributed by atoms with Crippen molar-refractivity contribution in [3.05, 3.63) is 103 Å². The van der Waals surface area contributed by atoms with Crippen molar-refractivity contribution in [3.63, 3.8) is 0 Å². The maximum Gasteiger partial charge on any atom is 0.249 e. The van der Waals surface area contributed by atoms with E-state index in [9.17, 15) is 19.2 Å². The maximum absolute atomic E-state index is 15.4. The van der Waals surface area contributed by atoms with Crippen LogP contribution in [0.25, 0.3) is 28.0 Å². The van der Waals surface area contributed by atoms with Crippen LogP contribution in [0.3, 0.4) is 0 Å². The molecule has 2 N–H and O–H groups in total. The number of hydrogen-bond donors (Lipinski definition) is 2. The van der Waals surface area contributed by atoms with Crippen molar-refractivity contribution in [3.8, 4) is 28.6 Å². The van der Waals surface area contributed by atoms with Gasteiger partial charge in [-0.3, -0.25) is 34.4 Å². The van der Waals surface area contributed by atoms with Crippen LogP contribution in [0, 0.1) is 23.0 Å². The van der Waals surface area contributed by atoms with Gasteiger partial charge in [0.05, 0.1) is 78.9 Å². The van der Waals surface area contributed by atoms with E-state index in [-0.39, 0.29) is 48.0 Å². The number of morpholine rings is 1. The summed E-state index contributed by atoms with van der Waals surface area (Å²) >= 11 is 0. The number of ether oxygens (including phenoxy) is 1. The largest absolute Gasteiger partial charge is 0.378 e. The molecule has 17 nitrogen and oxygen atoms in total. The Morgan fingerprint density at radius 1 is 0.806 bits per heavy atom. The lowest BCUT2D eigenvalue weighted by molar-refractivity contribution is -0.133. The minimum atomic E-state index is -0.564. The first-order chi connectivity index (χ1) is 32.7. The van der Waals surface area contributed by atoms with Crippen molar-refractivity contribution in [1.82, 2.24) is 49.5 Å². The fraction of sp³-hybridized carbons (Fsp3) is 0.417. The fourth-order valence-electron chi connectivity index (χ4n) is 10.6. The second kappa shape index (κ2) is 18.1. The molecule has 1 aliphatic carbocycles. The number of nitriles is 1. The zero-order valence-corrected chi connectivity index (χ0v) is 36.8. The van der Waals surface area contributed by atoms with Crippen molar-refractivity contribution >= 4 is 34.5 Å². The maximum atomic E-state index is 15.4. The average molecular weight is 909 g/mol. The van der Waals surface area contributed by atoms with Gasteiger partial charge in [0.1, 0.15) is 40.6 Å². The Morgan fingerprint density at radius 2 is 1.61 bits per heavy atom. The number of halogens is 2. The average Bonchev–Trinajstić information content (AvgIpc) is 4.02. The molecule has 5 aromatic heterocycles. The molecule has 1 aromatic carbocycles. The lowest BCUT2D eigenvalue weighted by Crippen LogP contribution is -2.64. The minimum absolute atomic E-state index is 0.131. The predicted molar refractivity (Wildman–Crippen MR) is 244 cm³/mol. The van der Waals surface area contributed by atoms with Crippen molar-refractivity contribution in [1.29, 1.82) is 5.26 Å². The standard InChI is InChI=1S/C48H50F2N14O3/c49-33-2-3-35(52-22-33)24-62-38-25-61(26-39(62)29-67-28-38)44-11-1-30(19-53-44)46-47-31(18-51)20-55-64(47)27-42(57-46)32-21-54-63(23-32)37-7-5-36(6-8-37)59-13-15-60(16-14-59)43-10-4-34(17-40(43)50)56-41-9-12-45(65)58-48(41)66/h1-4,10-11,17,19-23,27,36-39,41,56H,5-9,12-16,24-26,28-29H2,(H,58,65,66)/t36-,37-,38-,39+,41?. The molecule has 19 heteroatoms. The summed E-state index contributed by atoms with van der Waals surface area (Å²) in [5, 5.41) is 24.8. The molecule has 1 unspecified atom stereocenters. The molecular weight excluding hydrogens is 859 g/mol. The third kappa shape index (κ3) is 8.67. The third-order valence-corrected chi connectivity index (χ3v) is 14.2. The normalized spacial score (nSPS) is 23.9. The highest BCUT2D eigenvalue weighted by atomic mass is 19.1. The lowest BCUT2D eigenvalue weighted by Gasteiger charge is -2.50. The first-order valence-corrected chi connectivity index (χ1v) is 23.1. The Hall–Kier alpha value is -6.88. The second-order valence-corrected chi connectivity index (χ2v) is 18.2. The summed E-state index contributed by atoms with van der Waals surface area (Å²) in [6.07, 6.45) is 15.1. The van der Waals surface area contributed by atoms with Gasteiger partial charge < -0.3 is 19.9 Å². The number of amides is 2. The molecular formula is C48H50F2N14O3. The van der Waals surface area contributed by atoms with Crippen LogP contribution in [-0.2, 0) is 20.9 Å². The Morgan fingerprint density at radius 3 is 2.33 bits per heavy atom. The number of benzene rings is 1. The molecule has 3 atom stereocenters. The molecule has 0 spiro atoms. The number of fused-ring (bicyclic) bond motifs is 3. The topological polar surface area (TPSA) is 178 Å². The molecule has 5 fully saturated rings. The number of hydrogen-bond acceptors (Lipinski definition) is 14. The predicted octanol–water partition coefficient (Wildman–Crippen LogP) is 4.81. The number of pyridine rings is 2. The first kappa shape index (κ1) is 42.7. The molecule has 4 saturated heterocycles. The number of carbonyl (C=O) groups excluding carboxylic acids is 2. The lowest BCUT2D eigenvalue weighted by atomic mass is 9.90. The summed E-state index contributed by atoms with van der Waals surface area (Å²) in [6.45, 7) is 6.39. The van der Waals surface area contributed by atoms with E-state index in [0.29, 0.717) is 66.1 Å². The van der Waals surface area contributed by atoms with Gasteiger partial charge >= 0.3 is 0 Å². The Kier molecular flexibility index (Phi) is 11.5. The molecule has 11 rings (SSSR count). The van der Waals surface area contributed by atoms with E-state index >= 15 is 4.39 Å². The third-order valence-electron chi connectivity index (χ3n) is 14.2. The van der Waals surface area contributed by atoms with Crippen LogP contribution >= 0.6 is 0 Å². The van der Waals surface area contributed by atoms with Gasteiger partial charge in [0.15, 0.2) is 0 Å². The smallest absolute Gasteiger partial charge is 0.249 e. The van der Waals surface area contributed by atoms with E-state index in [1.54, 1.807) is 28.9 Å². The van der Waals surface area contributed by atoms with Crippen LogP contribution < -0.4 is 20.4 Å². The van der Waals surface area contributed by atoms with E-state index in [1.807, 2.05) is 30.7 Å². The van der Waals surface area contributed by atoms with Gasteiger partial charge in [-0.25, -0.2) is 23.3 Å². The van der Waals surface area contributed by atoms with Crippen molar-refractivity contribution < 1.29 is 23.1 Å². The molecule has 1 saturated carbocycles. The van der Waals surface area contributed by atoms with E-state index in [4.69, 9.17) is 19.8 Å². The highest BCUT2D eigenvalue weighted by Crippen LogP contribution is 2.35. The summed E-state index contributed by atoms with van der Waals surface area (Å²) in [4.78, 5) is 47.4. The van der Waals surface area contributed by atoms with Crippen LogP contribution in [0.15, 0.2) is 79.6 Å². The summed E-state index contributed by atoms with van der Waals surface area (Å²) in [7, 11) is 0. The van der Waals surface area contributed by atoms with E-state index in [2.05, 4.69) is 57.3 Å². The van der Waals surface area contributed by atoms with E-state index in [0.717, 1.165) is 87.6 Å². The Labute approximate surface area is 385 Å². The molecule has 2 bridgehead atoms. The molecule has 6 aromatic rings. The number of rotatable bonds is 10. The van der Waals surface area contributed by atoms with Gasteiger partial charge in [0.25, 0.3) is 0 Å². The highest BCUT2D eigenvalue weighted by Gasteiger charge is 2.39. The minimum Gasteiger partial charge on any atom is -0.378 e. The quantitative estimate of drug-likeness (QED) is 0.179. The summed E-state index contributed by atoms with van der Waals surface area (Å²) in [6, 6.07) is 14.9. The molecule has 2 amide bonds. The van der Waals surface area contributed by atoms with Crippen molar-refractivity contribution in [2.24, 2.45) is 0 Å². The van der Waals surface area contributed by atoms with Gasteiger partial charge in [0, 0.05) is 87.5 Å². The molecule has 67 heavy (non-hydrogen) atoms. The number of anilines is 3. The molecule has 9 heterocycles. The Bertz CT molecular complexity index is 2820. The monoisotopic (exact) mass is 908 g/mol. The van der Waals surface area contributed by atoms with Gasteiger partial charge in [0.2, 0.25) is 11.8 Å². The number of imide groups is 1. The molecule has 5 aliphatic rings. The van der Waals surface area contributed by atoms with Crippen LogP contribution in [0.4, 0.5) is 26.0 Å². The van der Waals surface area contributed by atoms with Crippen LogP contribution in [-0.4, -0.2) is 133 Å². The second-order valence-electron chi connectivity index (χ2n) is 18.2. The Balaban J connectivity index is 0.721. The van der Waals surface area contributed by atoms with Gasteiger partial charge in [-0.05, 0) is 74.6 Å².